The second kappa shape index (κ2) is 13.9. The summed E-state index contributed by atoms with van der Waals surface area (Å²) in [6.45, 7) is 5.38. The molecule has 0 bridgehead atoms. The van der Waals surface area contributed by atoms with E-state index < -0.39 is 28.5 Å². The molecule has 8 nitrogen and oxygen atoms in total. The fraction of sp³-hybridized carbons (Fsp3) is 0.310. The smallest absolute Gasteiger partial charge is 0.264 e. The number of methoxy groups -OCH3 is 1. The third kappa shape index (κ3) is 7.90. The van der Waals surface area contributed by atoms with Crippen molar-refractivity contribution in [2.24, 2.45) is 5.92 Å². The van der Waals surface area contributed by atoms with Gasteiger partial charge >= 0.3 is 0 Å². The van der Waals surface area contributed by atoms with Crippen molar-refractivity contribution in [3.05, 3.63) is 88.4 Å². The van der Waals surface area contributed by atoms with Gasteiger partial charge < -0.3 is 15.0 Å². The Morgan fingerprint density at radius 3 is 2.23 bits per heavy atom. The molecule has 1 atom stereocenters. The first-order valence-corrected chi connectivity index (χ1v) is 14.9. The molecule has 0 spiro atoms. The molecule has 0 heterocycles. The number of hydrogen-bond acceptors (Lipinski definition) is 5. The second-order valence-corrected chi connectivity index (χ2v) is 12.3. The maximum atomic E-state index is 13.9. The van der Waals surface area contributed by atoms with Crippen molar-refractivity contribution in [1.82, 2.24) is 10.2 Å². The average molecular weight is 607 g/mol. The zero-order valence-electron chi connectivity index (χ0n) is 22.8. The van der Waals surface area contributed by atoms with Crippen LogP contribution in [-0.2, 0) is 26.2 Å². The number of ether oxygens (including phenoxy) is 1. The fourth-order valence-electron chi connectivity index (χ4n) is 3.88. The Labute approximate surface area is 245 Å². The van der Waals surface area contributed by atoms with E-state index in [1.807, 2.05) is 13.8 Å². The molecule has 1 N–H and O–H groups in total. The van der Waals surface area contributed by atoms with E-state index in [9.17, 15) is 18.0 Å². The number of amides is 2. The lowest BCUT2D eigenvalue weighted by atomic mass is 10.1. The summed E-state index contributed by atoms with van der Waals surface area (Å²) in [5, 5.41) is 3.57. The highest BCUT2D eigenvalue weighted by molar-refractivity contribution is 7.92. The van der Waals surface area contributed by atoms with Crippen LogP contribution in [0.2, 0.25) is 10.0 Å². The number of hydrogen-bond donors (Lipinski definition) is 1. The van der Waals surface area contributed by atoms with Gasteiger partial charge in [-0.05, 0) is 66.9 Å². The quantitative estimate of drug-likeness (QED) is 0.299. The molecule has 0 aliphatic rings. The summed E-state index contributed by atoms with van der Waals surface area (Å²) in [5.74, 6) is -0.265. The second-order valence-electron chi connectivity index (χ2n) is 9.60. The molecule has 3 aromatic carbocycles. The molecule has 40 heavy (non-hydrogen) atoms. The lowest BCUT2D eigenvalue weighted by Gasteiger charge is -2.32. The van der Waals surface area contributed by atoms with Gasteiger partial charge in [-0.1, -0.05) is 61.3 Å². The van der Waals surface area contributed by atoms with Crippen molar-refractivity contribution < 1.29 is 22.7 Å². The number of carbonyl (C=O) groups excluding carboxylic acids is 2. The minimum Gasteiger partial charge on any atom is -0.497 e. The molecule has 3 aromatic rings. The Hall–Kier alpha value is -3.27. The first kappa shape index (κ1) is 31.3. The highest BCUT2D eigenvalue weighted by Gasteiger charge is 2.33. The number of nitrogens with zero attached hydrogens (tertiary/aromatic N) is 2. The largest absolute Gasteiger partial charge is 0.497 e. The van der Waals surface area contributed by atoms with E-state index in [1.165, 1.54) is 42.3 Å². The minimum absolute atomic E-state index is 0.000735. The van der Waals surface area contributed by atoms with Crippen LogP contribution in [-0.4, -0.2) is 51.4 Å². The Bertz CT molecular complexity index is 1430. The fourth-order valence-corrected chi connectivity index (χ4v) is 5.67. The molecule has 0 saturated heterocycles. The van der Waals surface area contributed by atoms with Crippen molar-refractivity contribution in [3.8, 4) is 5.75 Å². The van der Waals surface area contributed by atoms with Gasteiger partial charge in [-0.15, -0.1) is 0 Å². The van der Waals surface area contributed by atoms with Gasteiger partial charge in [0, 0.05) is 23.1 Å². The van der Waals surface area contributed by atoms with Crippen molar-refractivity contribution in [3.63, 3.8) is 0 Å². The molecule has 0 fully saturated rings. The number of anilines is 1. The van der Waals surface area contributed by atoms with Gasteiger partial charge in [0.2, 0.25) is 11.8 Å². The summed E-state index contributed by atoms with van der Waals surface area (Å²) in [6, 6.07) is 18.2. The predicted octanol–water partition coefficient (Wildman–Crippen LogP) is 5.39. The van der Waals surface area contributed by atoms with Gasteiger partial charge in [0.1, 0.15) is 18.3 Å². The van der Waals surface area contributed by atoms with Gasteiger partial charge in [0.15, 0.2) is 0 Å². The normalized spacial score (nSPS) is 12.1. The Balaban J connectivity index is 2.03. The Morgan fingerprint density at radius 2 is 1.62 bits per heavy atom. The Morgan fingerprint density at radius 1 is 0.950 bits per heavy atom. The first-order valence-electron chi connectivity index (χ1n) is 12.7. The molecule has 0 unspecified atom stereocenters. The molecular formula is C29H33Cl2N3O5S. The van der Waals surface area contributed by atoms with Gasteiger partial charge in [-0.3, -0.25) is 13.9 Å². The summed E-state index contributed by atoms with van der Waals surface area (Å²) < 4.78 is 33.9. The van der Waals surface area contributed by atoms with E-state index in [0.29, 0.717) is 27.9 Å². The van der Waals surface area contributed by atoms with Crippen LogP contribution in [0.4, 0.5) is 5.69 Å². The summed E-state index contributed by atoms with van der Waals surface area (Å²) in [5.41, 5.74) is 0.819. The van der Waals surface area contributed by atoms with Crippen LogP contribution < -0.4 is 14.4 Å². The van der Waals surface area contributed by atoms with E-state index >= 15 is 0 Å². The van der Waals surface area contributed by atoms with Gasteiger partial charge in [0.25, 0.3) is 10.0 Å². The Kier molecular flexibility index (Phi) is 10.8. The summed E-state index contributed by atoms with van der Waals surface area (Å²) >= 11 is 12.6. The van der Waals surface area contributed by atoms with Crippen LogP contribution in [0.5, 0.6) is 5.75 Å². The molecule has 0 aliphatic heterocycles. The molecule has 0 aliphatic carbocycles. The molecular weight excluding hydrogens is 573 g/mol. The van der Waals surface area contributed by atoms with Crippen LogP contribution in [0, 0.1) is 5.92 Å². The standard InChI is InChI=1S/C29H33Cl2N3O5S/c1-20(2)17-32-29(36)21(3)33(18-22-8-5-6-11-27(22)31)28(35)19-34(24-10-7-9-23(30)16-24)40(37,38)26-14-12-25(39-4)13-15-26/h5-16,20-21H,17-19H2,1-4H3,(H,32,36)/t21-/m1/s1. The topological polar surface area (TPSA) is 96.0 Å². The van der Waals surface area contributed by atoms with Crippen LogP contribution in [0.25, 0.3) is 0 Å². The zero-order valence-corrected chi connectivity index (χ0v) is 25.1. The lowest BCUT2D eigenvalue weighted by Crippen LogP contribution is -2.51. The SMILES string of the molecule is COc1ccc(S(=O)(=O)N(CC(=O)N(Cc2ccccc2Cl)[C@H](C)C(=O)NCC(C)C)c2cccc(Cl)c2)cc1. The van der Waals surface area contributed by atoms with Gasteiger partial charge in [0.05, 0.1) is 17.7 Å². The first-order chi connectivity index (χ1) is 18.9. The molecule has 0 saturated carbocycles. The van der Waals surface area contributed by atoms with Crippen LogP contribution >= 0.6 is 23.2 Å². The van der Waals surface area contributed by atoms with E-state index in [4.69, 9.17) is 27.9 Å². The molecule has 214 valence electrons. The third-order valence-electron chi connectivity index (χ3n) is 6.17. The zero-order chi connectivity index (χ0) is 29.4. The van der Waals surface area contributed by atoms with Crippen molar-refractivity contribution in [2.75, 3.05) is 24.5 Å². The monoisotopic (exact) mass is 605 g/mol. The molecule has 0 aromatic heterocycles. The predicted molar refractivity (Wildman–Crippen MR) is 158 cm³/mol. The van der Waals surface area contributed by atoms with Crippen LogP contribution in [0.3, 0.4) is 0 Å². The molecule has 2 amide bonds. The van der Waals surface area contributed by atoms with Crippen LogP contribution in [0.15, 0.2) is 77.7 Å². The maximum absolute atomic E-state index is 13.9. The number of nitrogens with one attached hydrogen (secondary N) is 1. The van der Waals surface area contributed by atoms with Crippen molar-refractivity contribution in [2.45, 2.75) is 38.3 Å². The average Bonchev–Trinajstić information content (AvgIpc) is 2.93. The van der Waals surface area contributed by atoms with E-state index in [-0.39, 0.29) is 29.0 Å². The highest BCUT2D eigenvalue weighted by Crippen LogP contribution is 2.28. The van der Waals surface area contributed by atoms with Crippen molar-refractivity contribution in [1.29, 1.82) is 0 Å². The van der Waals surface area contributed by atoms with Crippen molar-refractivity contribution >= 4 is 50.7 Å². The van der Waals surface area contributed by atoms with E-state index in [1.54, 1.807) is 49.4 Å². The lowest BCUT2D eigenvalue weighted by molar-refractivity contribution is -0.139. The van der Waals surface area contributed by atoms with Crippen LogP contribution in [0.1, 0.15) is 26.3 Å². The summed E-state index contributed by atoms with van der Waals surface area (Å²) in [6.07, 6.45) is 0. The number of rotatable bonds is 12. The highest BCUT2D eigenvalue weighted by atomic mass is 35.5. The maximum Gasteiger partial charge on any atom is 0.264 e. The van der Waals surface area contributed by atoms with Gasteiger partial charge in [-0.2, -0.15) is 0 Å². The van der Waals surface area contributed by atoms with E-state index in [2.05, 4.69) is 5.32 Å². The minimum atomic E-state index is -4.23. The number of carbonyl (C=O) groups is 2. The molecule has 0 radical (unpaired) electrons. The molecule has 11 heteroatoms. The number of halogens is 2. The summed E-state index contributed by atoms with van der Waals surface area (Å²) in [4.78, 5) is 28.3. The number of sulfonamides is 1. The number of benzene rings is 3. The third-order valence-corrected chi connectivity index (χ3v) is 8.56. The van der Waals surface area contributed by atoms with E-state index in [0.717, 1.165) is 4.31 Å². The van der Waals surface area contributed by atoms with Gasteiger partial charge in [-0.25, -0.2) is 8.42 Å². The summed E-state index contributed by atoms with van der Waals surface area (Å²) in [7, 11) is -2.75. The molecule has 3 rings (SSSR count).